The molecule has 0 radical (unpaired) electrons. The van der Waals surface area contributed by atoms with Crippen LogP contribution in [0, 0.1) is 0 Å². The molecule has 1 saturated heterocycles. The summed E-state index contributed by atoms with van der Waals surface area (Å²) in [6.07, 6.45) is -7.46. The van der Waals surface area contributed by atoms with E-state index in [0.717, 1.165) is 0 Å². The molecule has 0 spiro atoms. The summed E-state index contributed by atoms with van der Waals surface area (Å²) in [6, 6.07) is 0. The van der Waals surface area contributed by atoms with E-state index in [1.165, 1.54) is 13.8 Å². The van der Waals surface area contributed by atoms with Crippen LogP contribution in [0.15, 0.2) is 0 Å². The Morgan fingerprint density at radius 3 is 1.65 bits per heavy atom. The fourth-order valence-corrected chi connectivity index (χ4v) is 5.35. The Hall–Kier alpha value is 0.132. The van der Waals surface area contributed by atoms with Crippen molar-refractivity contribution in [2.24, 2.45) is 0 Å². The minimum atomic E-state index is -2.99. The molecule has 31 heavy (non-hydrogen) atoms. The summed E-state index contributed by atoms with van der Waals surface area (Å²) in [4.78, 5) is 0. The van der Waals surface area contributed by atoms with Gasteiger partial charge in [0.15, 0.2) is 0 Å². The van der Waals surface area contributed by atoms with Crippen molar-refractivity contribution in [3.63, 3.8) is 0 Å². The van der Waals surface area contributed by atoms with E-state index in [0.29, 0.717) is 25.7 Å². The van der Waals surface area contributed by atoms with Gasteiger partial charge >= 0.3 is 15.1 Å². The maximum atomic E-state index is 10.3. The second-order valence-electron chi connectivity index (χ2n) is 8.59. The Labute approximate surface area is 189 Å². The summed E-state index contributed by atoms with van der Waals surface area (Å²) in [7, 11) is 0. The summed E-state index contributed by atoms with van der Waals surface area (Å²) in [5.41, 5.74) is 0. The minimum absolute atomic E-state index is 0.205. The monoisotopic (exact) mass is 468 g/mol. The van der Waals surface area contributed by atoms with Crippen LogP contribution in [0.5, 0.6) is 0 Å². The molecule has 0 bridgehead atoms. The van der Waals surface area contributed by atoms with Crippen molar-refractivity contribution in [2.75, 3.05) is 0 Å². The number of aliphatic hydroxyl groups excluding tert-OH is 7. The van der Waals surface area contributed by atoms with Crippen molar-refractivity contribution < 1.29 is 47.1 Å². The van der Waals surface area contributed by atoms with E-state index in [9.17, 15) is 35.7 Å². The molecule has 184 valence electrons. The summed E-state index contributed by atoms with van der Waals surface area (Å²) >= 11 is -2.99. The Morgan fingerprint density at radius 1 is 0.774 bits per heavy atom. The average molecular weight is 469 g/mol. The van der Waals surface area contributed by atoms with E-state index in [2.05, 4.69) is 0 Å². The van der Waals surface area contributed by atoms with Gasteiger partial charge in [-0.2, -0.15) is 0 Å². The van der Waals surface area contributed by atoms with Gasteiger partial charge < -0.3 is 47.1 Å². The van der Waals surface area contributed by atoms with E-state index in [1.54, 1.807) is 0 Å². The Kier molecular flexibility index (Phi) is 13.6. The highest BCUT2D eigenvalue weighted by molar-refractivity contribution is 6.36. The maximum absolute atomic E-state index is 10.3. The molecular weight excluding hydrogens is 427 g/mol. The van der Waals surface area contributed by atoms with Crippen LogP contribution in [0.2, 0.25) is 0 Å². The number of rotatable bonds is 14. The zero-order chi connectivity index (χ0) is 23.7. The maximum Gasteiger partial charge on any atom is 0.906 e. The van der Waals surface area contributed by atoms with Crippen molar-refractivity contribution in [3.8, 4) is 0 Å². The molecule has 0 amide bonds. The first-order valence-electron chi connectivity index (χ1n) is 11.2. The van der Waals surface area contributed by atoms with Gasteiger partial charge in [0.05, 0.1) is 36.6 Å². The van der Waals surface area contributed by atoms with Crippen molar-refractivity contribution in [1.29, 1.82) is 0 Å². The number of aliphatic hydroxyl groups is 7. The lowest BCUT2D eigenvalue weighted by Gasteiger charge is -2.38. The van der Waals surface area contributed by atoms with E-state index in [-0.39, 0.29) is 12.8 Å². The second-order valence-corrected chi connectivity index (χ2v) is 9.98. The molecule has 0 aromatic rings. The SMILES string of the molecule is CCC(O)CC(O)CC1CC(CC(O)CC)[O][Al]([O]C(C(O)C(C)O)C(O)C(C)O)[O]1. The summed E-state index contributed by atoms with van der Waals surface area (Å²) in [6.45, 7) is 6.33. The largest absolute Gasteiger partial charge is 0.906 e. The molecule has 0 aromatic heterocycles. The van der Waals surface area contributed by atoms with Gasteiger partial charge in [0, 0.05) is 12.2 Å². The third-order valence-corrected chi connectivity index (χ3v) is 7.37. The lowest BCUT2D eigenvalue weighted by atomic mass is 9.98. The molecule has 1 fully saturated rings. The highest BCUT2D eigenvalue weighted by atomic mass is 27.3. The Balaban J connectivity index is 2.93. The van der Waals surface area contributed by atoms with E-state index in [1.807, 2.05) is 13.8 Å². The van der Waals surface area contributed by atoms with Crippen LogP contribution in [0.3, 0.4) is 0 Å². The molecule has 1 heterocycles. The smallest absolute Gasteiger partial charge is 0.452 e. The quantitative estimate of drug-likeness (QED) is 0.158. The lowest BCUT2D eigenvalue weighted by Crippen LogP contribution is -2.55. The van der Waals surface area contributed by atoms with Gasteiger partial charge in [-0.1, -0.05) is 13.8 Å². The van der Waals surface area contributed by atoms with Crippen LogP contribution < -0.4 is 0 Å². The number of hydrogen-bond acceptors (Lipinski definition) is 10. The minimum Gasteiger partial charge on any atom is -0.452 e. The van der Waals surface area contributed by atoms with E-state index < -0.39 is 76.2 Å². The molecule has 1 aliphatic heterocycles. The van der Waals surface area contributed by atoms with Gasteiger partial charge in [-0.3, -0.25) is 0 Å². The summed E-state index contributed by atoms with van der Waals surface area (Å²) in [5, 5.41) is 70.2. The normalized spacial score (nSPS) is 27.8. The molecule has 1 rings (SSSR count). The molecule has 1 aliphatic rings. The van der Waals surface area contributed by atoms with E-state index >= 15 is 0 Å². The van der Waals surface area contributed by atoms with Crippen LogP contribution in [-0.4, -0.2) is 112 Å². The van der Waals surface area contributed by atoms with Gasteiger partial charge in [0.2, 0.25) is 0 Å². The van der Waals surface area contributed by atoms with E-state index in [4.69, 9.17) is 11.4 Å². The van der Waals surface area contributed by atoms with Crippen molar-refractivity contribution >= 4 is 15.1 Å². The predicted octanol–water partition coefficient (Wildman–Crippen LogP) is -0.913. The molecule has 10 nitrogen and oxygen atoms in total. The van der Waals surface area contributed by atoms with Gasteiger partial charge in [-0.15, -0.1) is 0 Å². The molecule has 0 saturated carbocycles. The topological polar surface area (TPSA) is 169 Å². The molecule has 11 heteroatoms. The molecule has 9 unspecified atom stereocenters. The Bertz CT molecular complexity index is 467. The van der Waals surface area contributed by atoms with Crippen LogP contribution in [0.1, 0.15) is 66.2 Å². The molecule has 0 aliphatic carbocycles. The second kappa shape index (κ2) is 14.4. The summed E-state index contributed by atoms with van der Waals surface area (Å²) in [5.74, 6) is 0. The first-order valence-corrected chi connectivity index (χ1v) is 12.6. The van der Waals surface area contributed by atoms with Gasteiger partial charge in [0.1, 0.15) is 12.2 Å². The van der Waals surface area contributed by atoms with Gasteiger partial charge in [-0.25, -0.2) is 0 Å². The lowest BCUT2D eigenvalue weighted by molar-refractivity contribution is -0.147. The first kappa shape index (κ1) is 29.2. The fraction of sp³-hybridized carbons (Fsp3) is 1.00. The average Bonchev–Trinajstić information content (AvgIpc) is 2.70. The fourth-order valence-electron chi connectivity index (χ4n) is 3.51. The first-order chi connectivity index (χ1) is 14.5. The van der Waals surface area contributed by atoms with Gasteiger partial charge in [-0.05, 0) is 52.4 Å². The van der Waals surface area contributed by atoms with Crippen molar-refractivity contribution in [2.45, 2.75) is 127 Å². The van der Waals surface area contributed by atoms with Crippen LogP contribution in [0.4, 0.5) is 0 Å². The third-order valence-electron chi connectivity index (χ3n) is 5.62. The standard InChI is InChI=1S/C13H26O5.C7H15O5.Al/c1-3-9(14)5-11(16)7-13(18)8-12(17)6-10(15)4-2;1-3(8)5(10)7(12)6(11)4(2)9;/h9-16H,3-8H2,1-2H3;3-11H,1-2H3;/q-2;-1;+3. The van der Waals surface area contributed by atoms with Gasteiger partial charge in [0.25, 0.3) is 0 Å². The zero-order valence-corrected chi connectivity index (χ0v) is 20.1. The summed E-state index contributed by atoms with van der Waals surface area (Å²) < 4.78 is 17.5. The van der Waals surface area contributed by atoms with Crippen molar-refractivity contribution in [3.05, 3.63) is 0 Å². The molecule has 0 aromatic carbocycles. The number of hydrogen-bond donors (Lipinski definition) is 7. The van der Waals surface area contributed by atoms with Crippen molar-refractivity contribution in [1.82, 2.24) is 0 Å². The predicted molar refractivity (Wildman–Crippen MR) is 113 cm³/mol. The molecule has 9 atom stereocenters. The third kappa shape index (κ3) is 10.3. The molecule has 7 N–H and O–H groups in total. The molecular formula is C20H41AlO10. The highest BCUT2D eigenvalue weighted by Crippen LogP contribution is 2.27. The zero-order valence-electron chi connectivity index (χ0n) is 18.9. The van der Waals surface area contributed by atoms with Crippen LogP contribution >= 0.6 is 0 Å². The Morgan fingerprint density at radius 2 is 1.23 bits per heavy atom. The van der Waals surface area contributed by atoms with Crippen LogP contribution in [0.25, 0.3) is 0 Å². The highest BCUT2D eigenvalue weighted by Gasteiger charge is 2.48. The van der Waals surface area contributed by atoms with Crippen LogP contribution in [-0.2, 0) is 11.4 Å².